The molecule has 1 aromatic heterocycles. The minimum atomic E-state index is -0.782. The van der Waals surface area contributed by atoms with Gasteiger partial charge in [0.15, 0.2) is 12.4 Å². The third kappa shape index (κ3) is 5.06. The van der Waals surface area contributed by atoms with Gasteiger partial charge in [0.2, 0.25) is 11.2 Å². The van der Waals surface area contributed by atoms with Crippen molar-refractivity contribution in [1.82, 2.24) is 0 Å². The Labute approximate surface area is 199 Å². The third-order valence-electron chi connectivity index (χ3n) is 5.24. The number of fused-ring (bicyclic) bond motifs is 1. The first-order valence-corrected chi connectivity index (χ1v) is 10.7. The Morgan fingerprint density at radius 2 is 1.63 bits per heavy atom. The van der Waals surface area contributed by atoms with Gasteiger partial charge in [0.25, 0.3) is 0 Å². The summed E-state index contributed by atoms with van der Waals surface area (Å²) in [6.07, 6.45) is 0. The lowest BCUT2D eigenvalue weighted by Crippen LogP contribution is -2.15. The van der Waals surface area contributed by atoms with Crippen LogP contribution in [-0.2, 0) is 4.74 Å². The summed E-state index contributed by atoms with van der Waals surface area (Å²) in [6, 6.07) is 16.2. The van der Waals surface area contributed by atoms with E-state index in [4.69, 9.17) is 18.6 Å². The molecule has 35 heavy (non-hydrogen) atoms. The van der Waals surface area contributed by atoms with E-state index >= 15 is 0 Å². The van der Waals surface area contributed by atoms with Gasteiger partial charge in [0, 0.05) is 11.6 Å². The Balaban J connectivity index is 1.70. The summed E-state index contributed by atoms with van der Waals surface area (Å²) >= 11 is 0. The maximum Gasteiger partial charge on any atom is 0.375 e. The molecular formula is C27H21FO7. The molecule has 0 aliphatic carbocycles. The maximum absolute atomic E-state index is 13.4. The highest BCUT2D eigenvalue weighted by Gasteiger charge is 2.23. The summed E-state index contributed by atoms with van der Waals surface area (Å²) in [6.45, 7) is 1.43. The molecule has 0 aliphatic rings. The Kier molecular flexibility index (Phi) is 6.91. The number of carbonyl (C=O) groups is 2. The van der Waals surface area contributed by atoms with E-state index in [-0.39, 0.29) is 47.0 Å². The van der Waals surface area contributed by atoms with Gasteiger partial charge in [-0.25, -0.2) is 9.18 Å². The van der Waals surface area contributed by atoms with E-state index in [9.17, 15) is 18.8 Å². The van der Waals surface area contributed by atoms with Crippen LogP contribution in [0.25, 0.3) is 22.1 Å². The molecule has 0 saturated carbocycles. The molecule has 4 rings (SSSR count). The van der Waals surface area contributed by atoms with Gasteiger partial charge in [-0.3, -0.25) is 9.59 Å². The number of benzene rings is 3. The smallest absolute Gasteiger partial charge is 0.375 e. The fourth-order valence-corrected chi connectivity index (χ4v) is 3.49. The maximum atomic E-state index is 13.4. The first-order chi connectivity index (χ1) is 16.9. The summed E-state index contributed by atoms with van der Waals surface area (Å²) in [4.78, 5) is 38.4. The molecule has 0 spiro atoms. The molecule has 0 saturated heterocycles. The van der Waals surface area contributed by atoms with Crippen molar-refractivity contribution in [2.45, 2.75) is 6.92 Å². The topological polar surface area (TPSA) is 92.0 Å². The summed E-state index contributed by atoms with van der Waals surface area (Å²) < 4.78 is 34.7. The quantitative estimate of drug-likeness (QED) is 0.260. The molecule has 0 bridgehead atoms. The van der Waals surface area contributed by atoms with Crippen molar-refractivity contribution in [1.29, 1.82) is 0 Å². The molecule has 0 atom stereocenters. The van der Waals surface area contributed by atoms with Crippen LogP contribution in [-0.4, -0.2) is 32.1 Å². The molecule has 0 radical (unpaired) electrons. The van der Waals surface area contributed by atoms with Crippen molar-refractivity contribution in [3.8, 4) is 22.6 Å². The van der Waals surface area contributed by atoms with Crippen molar-refractivity contribution in [3.05, 3.63) is 94.1 Å². The number of hydrogen-bond acceptors (Lipinski definition) is 7. The fraction of sp³-hybridized carbons (Fsp3) is 0.148. The Hall–Kier alpha value is -4.46. The normalized spacial score (nSPS) is 10.7. The summed E-state index contributed by atoms with van der Waals surface area (Å²) in [5.41, 5.74) is 0.511. The molecule has 1 heterocycles. The number of Topliss-reactive ketones (excluding diaryl/α,β-unsaturated/α-hetero) is 1. The van der Waals surface area contributed by atoms with Crippen LogP contribution in [0.2, 0.25) is 0 Å². The lowest BCUT2D eigenvalue weighted by atomic mass is 10.0. The fourth-order valence-electron chi connectivity index (χ4n) is 3.49. The van der Waals surface area contributed by atoms with Gasteiger partial charge in [-0.15, -0.1) is 0 Å². The van der Waals surface area contributed by atoms with Crippen LogP contribution in [0.15, 0.2) is 75.9 Å². The first kappa shape index (κ1) is 23.7. The van der Waals surface area contributed by atoms with E-state index in [1.54, 1.807) is 31.2 Å². The minimum absolute atomic E-state index is 0.0683. The highest BCUT2D eigenvalue weighted by atomic mass is 19.1. The van der Waals surface area contributed by atoms with Crippen LogP contribution >= 0.6 is 0 Å². The number of methoxy groups -OCH3 is 1. The van der Waals surface area contributed by atoms with Crippen molar-refractivity contribution >= 4 is 22.7 Å². The van der Waals surface area contributed by atoms with Crippen LogP contribution in [0.5, 0.6) is 11.5 Å². The second kappa shape index (κ2) is 10.2. The predicted octanol–water partition coefficient (Wildman–Crippen LogP) is 5.05. The molecule has 0 fully saturated rings. The van der Waals surface area contributed by atoms with E-state index < -0.39 is 17.2 Å². The molecule has 0 N–H and O–H groups in total. The molecule has 4 aromatic rings. The average molecular weight is 476 g/mol. The van der Waals surface area contributed by atoms with E-state index in [1.807, 2.05) is 0 Å². The zero-order chi connectivity index (χ0) is 24.9. The third-order valence-corrected chi connectivity index (χ3v) is 5.24. The second-order valence-corrected chi connectivity index (χ2v) is 7.46. The van der Waals surface area contributed by atoms with E-state index in [2.05, 4.69) is 0 Å². The number of esters is 1. The highest BCUT2D eigenvalue weighted by molar-refractivity contribution is 5.98. The number of rotatable bonds is 8. The van der Waals surface area contributed by atoms with E-state index in [0.29, 0.717) is 16.9 Å². The van der Waals surface area contributed by atoms with Gasteiger partial charge in [0.05, 0.1) is 24.7 Å². The molecule has 0 amide bonds. The molecule has 7 nitrogen and oxygen atoms in total. The predicted molar refractivity (Wildman–Crippen MR) is 127 cm³/mol. The number of hydrogen-bond donors (Lipinski definition) is 0. The minimum Gasteiger partial charge on any atom is -0.497 e. The first-order valence-electron chi connectivity index (χ1n) is 10.7. The zero-order valence-electron chi connectivity index (χ0n) is 19.0. The Bertz CT molecular complexity index is 1440. The lowest BCUT2D eigenvalue weighted by molar-refractivity contribution is 0.0492. The van der Waals surface area contributed by atoms with Gasteiger partial charge in [-0.05, 0) is 61.0 Å². The molecule has 0 aliphatic heterocycles. The highest BCUT2D eigenvalue weighted by Crippen LogP contribution is 2.29. The SMILES string of the molecule is CCOC(=O)c1oc2cc(OCC(=O)c3ccc(F)cc3)ccc2c(=O)c1-c1ccc(OC)cc1. The number of ketones is 1. The molecule has 178 valence electrons. The van der Waals surface area contributed by atoms with Crippen molar-refractivity contribution in [2.24, 2.45) is 0 Å². The summed E-state index contributed by atoms with van der Waals surface area (Å²) in [5, 5.41) is 0.223. The van der Waals surface area contributed by atoms with E-state index in [0.717, 1.165) is 0 Å². The van der Waals surface area contributed by atoms with Gasteiger partial charge >= 0.3 is 5.97 Å². The largest absolute Gasteiger partial charge is 0.497 e. The monoisotopic (exact) mass is 476 g/mol. The van der Waals surface area contributed by atoms with Crippen LogP contribution < -0.4 is 14.9 Å². The Morgan fingerprint density at radius 1 is 0.943 bits per heavy atom. The molecule has 3 aromatic carbocycles. The van der Waals surface area contributed by atoms with Crippen molar-refractivity contribution in [3.63, 3.8) is 0 Å². The van der Waals surface area contributed by atoms with Crippen LogP contribution in [0, 0.1) is 5.82 Å². The van der Waals surface area contributed by atoms with Gasteiger partial charge in [0.1, 0.15) is 22.9 Å². The zero-order valence-corrected chi connectivity index (χ0v) is 19.0. The number of carbonyl (C=O) groups excluding carboxylic acids is 2. The molecular weight excluding hydrogens is 455 g/mol. The number of halogens is 1. The van der Waals surface area contributed by atoms with Crippen LogP contribution in [0.1, 0.15) is 27.8 Å². The van der Waals surface area contributed by atoms with Crippen LogP contribution in [0.4, 0.5) is 4.39 Å². The van der Waals surface area contributed by atoms with Crippen LogP contribution in [0.3, 0.4) is 0 Å². The molecule has 0 unspecified atom stereocenters. The number of ether oxygens (including phenoxy) is 3. The standard InChI is InChI=1S/C27H21FO7/c1-3-33-27(31)26-24(17-6-10-19(32-2)11-7-17)25(30)21-13-12-20(14-23(21)35-26)34-15-22(29)16-4-8-18(28)9-5-16/h4-14H,3,15H2,1-2H3. The lowest BCUT2D eigenvalue weighted by Gasteiger charge is -2.11. The molecule has 8 heteroatoms. The van der Waals surface area contributed by atoms with Gasteiger partial charge in [-0.2, -0.15) is 0 Å². The van der Waals surface area contributed by atoms with Gasteiger partial charge in [-0.1, -0.05) is 12.1 Å². The average Bonchev–Trinajstić information content (AvgIpc) is 2.87. The second-order valence-electron chi connectivity index (χ2n) is 7.46. The van der Waals surface area contributed by atoms with Gasteiger partial charge < -0.3 is 18.6 Å². The Morgan fingerprint density at radius 3 is 2.29 bits per heavy atom. The van der Waals surface area contributed by atoms with Crippen molar-refractivity contribution < 1.29 is 32.6 Å². The van der Waals surface area contributed by atoms with E-state index in [1.165, 1.54) is 49.6 Å². The van der Waals surface area contributed by atoms with Crippen molar-refractivity contribution in [2.75, 3.05) is 20.3 Å². The summed E-state index contributed by atoms with van der Waals surface area (Å²) in [7, 11) is 1.52. The summed E-state index contributed by atoms with van der Waals surface area (Å²) in [5.74, 6) is -0.979.